The van der Waals surface area contributed by atoms with Crippen molar-refractivity contribution in [2.24, 2.45) is 0 Å². The van der Waals surface area contributed by atoms with Crippen molar-refractivity contribution in [1.29, 1.82) is 0 Å². The van der Waals surface area contributed by atoms with Crippen molar-refractivity contribution in [3.05, 3.63) is 35.9 Å². The van der Waals surface area contributed by atoms with E-state index < -0.39 is 0 Å². The molecule has 2 aromatic rings. The maximum atomic E-state index is 9.75. The molecule has 2 atom stereocenters. The van der Waals surface area contributed by atoms with Crippen LogP contribution in [0.25, 0.3) is 0 Å². The van der Waals surface area contributed by atoms with E-state index in [1.54, 1.807) is 11.8 Å². The maximum Gasteiger partial charge on any atom is 0.243 e. The van der Waals surface area contributed by atoms with Crippen molar-refractivity contribution in [3.8, 4) is 5.88 Å². The van der Waals surface area contributed by atoms with Gasteiger partial charge in [-0.15, -0.1) is 0 Å². The van der Waals surface area contributed by atoms with Gasteiger partial charge >= 0.3 is 0 Å². The van der Waals surface area contributed by atoms with Gasteiger partial charge in [-0.25, -0.2) is 4.98 Å². The Hall–Kier alpha value is -1.99. The molecular weight excluding hydrogens is 348 g/mol. The molecule has 1 heterocycles. The number of aliphatic hydroxyl groups excluding tert-OH is 1. The SMILES string of the molecule is CCCSc1nc(NC2CCC(O)C2)c(N)c(OCc2ccccc2)n1. The molecule has 0 aliphatic heterocycles. The summed E-state index contributed by atoms with van der Waals surface area (Å²) in [4.78, 5) is 9.06. The van der Waals surface area contributed by atoms with Crippen molar-refractivity contribution in [1.82, 2.24) is 9.97 Å². The van der Waals surface area contributed by atoms with Crippen LogP contribution < -0.4 is 15.8 Å². The molecule has 26 heavy (non-hydrogen) atoms. The van der Waals surface area contributed by atoms with Crippen LogP contribution in [0.3, 0.4) is 0 Å². The fraction of sp³-hybridized carbons (Fsp3) is 0.474. The third-order valence-electron chi connectivity index (χ3n) is 4.29. The molecule has 1 aliphatic rings. The number of rotatable bonds is 8. The van der Waals surface area contributed by atoms with E-state index in [-0.39, 0.29) is 12.1 Å². The molecule has 0 saturated heterocycles. The van der Waals surface area contributed by atoms with Crippen LogP contribution in [0.4, 0.5) is 11.5 Å². The van der Waals surface area contributed by atoms with Gasteiger partial charge < -0.3 is 20.9 Å². The lowest BCUT2D eigenvalue weighted by molar-refractivity contribution is 0.182. The number of hydrogen-bond donors (Lipinski definition) is 3. The Morgan fingerprint density at radius 3 is 2.77 bits per heavy atom. The quantitative estimate of drug-likeness (QED) is 0.481. The standard InChI is InChI=1S/C19H26N4O2S/c1-2-10-26-19-22-17(21-14-8-9-15(24)11-14)16(20)18(23-19)25-12-13-6-4-3-5-7-13/h3-7,14-15,24H,2,8-12,20H2,1H3,(H,21,22,23). The summed E-state index contributed by atoms with van der Waals surface area (Å²) in [5.41, 5.74) is 7.75. The molecule has 1 fully saturated rings. The Kier molecular flexibility index (Phi) is 6.57. The van der Waals surface area contributed by atoms with E-state index >= 15 is 0 Å². The molecule has 140 valence electrons. The first-order chi connectivity index (χ1) is 12.7. The predicted octanol–water partition coefficient (Wildman–Crippen LogP) is 3.47. The fourth-order valence-electron chi connectivity index (χ4n) is 2.92. The summed E-state index contributed by atoms with van der Waals surface area (Å²) in [5, 5.41) is 13.8. The average molecular weight is 375 g/mol. The normalized spacial score (nSPS) is 19.5. The van der Waals surface area contributed by atoms with Gasteiger partial charge in [0.1, 0.15) is 12.3 Å². The molecule has 0 bridgehead atoms. The van der Waals surface area contributed by atoms with E-state index in [1.807, 2.05) is 30.3 Å². The van der Waals surface area contributed by atoms with Crippen molar-refractivity contribution < 1.29 is 9.84 Å². The number of anilines is 2. The van der Waals surface area contributed by atoms with Gasteiger partial charge in [-0.2, -0.15) is 4.98 Å². The van der Waals surface area contributed by atoms with Gasteiger partial charge in [-0.05, 0) is 31.2 Å². The van der Waals surface area contributed by atoms with Gasteiger partial charge in [0.25, 0.3) is 0 Å². The van der Waals surface area contributed by atoms with Crippen LogP contribution in [0.1, 0.15) is 38.2 Å². The number of ether oxygens (including phenoxy) is 1. The number of nitrogens with one attached hydrogen (secondary N) is 1. The van der Waals surface area contributed by atoms with E-state index in [0.29, 0.717) is 35.6 Å². The van der Waals surface area contributed by atoms with Gasteiger partial charge in [0.05, 0.1) is 6.10 Å². The molecule has 1 aliphatic carbocycles. The van der Waals surface area contributed by atoms with E-state index in [0.717, 1.165) is 30.6 Å². The van der Waals surface area contributed by atoms with Crippen LogP contribution in [0, 0.1) is 0 Å². The maximum absolute atomic E-state index is 9.75. The number of nitrogen functional groups attached to an aromatic ring is 1. The molecule has 4 N–H and O–H groups in total. The first-order valence-electron chi connectivity index (χ1n) is 9.07. The van der Waals surface area contributed by atoms with E-state index in [1.165, 1.54) is 0 Å². The minimum atomic E-state index is -0.252. The summed E-state index contributed by atoms with van der Waals surface area (Å²) in [6.07, 6.45) is 3.20. The Morgan fingerprint density at radius 1 is 1.27 bits per heavy atom. The molecule has 1 saturated carbocycles. The summed E-state index contributed by atoms with van der Waals surface area (Å²) in [5.74, 6) is 1.94. The van der Waals surface area contributed by atoms with Crippen LogP contribution in [0.2, 0.25) is 0 Å². The van der Waals surface area contributed by atoms with Crippen molar-refractivity contribution in [2.45, 2.75) is 56.5 Å². The van der Waals surface area contributed by atoms with Crippen LogP contribution in [-0.4, -0.2) is 33.0 Å². The average Bonchev–Trinajstić information content (AvgIpc) is 3.06. The molecular formula is C19H26N4O2S. The minimum absolute atomic E-state index is 0.174. The molecule has 0 amide bonds. The molecule has 7 heteroatoms. The van der Waals surface area contributed by atoms with Gasteiger partial charge in [0.2, 0.25) is 5.88 Å². The third-order valence-corrected chi connectivity index (χ3v) is 5.34. The Morgan fingerprint density at radius 2 is 2.08 bits per heavy atom. The van der Waals surface area contributed by atoms with Gasteiger partial charge in [0, 0.05) is 11.8 Å². The highest BCUT2D eigenvalue weighted by atomic mass is 32.2. The van der Waals surface area contributed by atoms with Crippen molar-refractivity contribution in [3.63, 3.8) is 0 Å². The molecule has 6 nitrogen and oxygen atoms in total. The number of aliphatic hydroxyl groups is 1. The summed E-state index contributed by atoms with van der Waals surface area (Å²) in [6, 6.07) is 10.1. The second-order valence-electron chi connectivity index (χ2n) is 6.50. The monoisotopic (exact) mass is 374 g/mol. The smallest absolute Gasteiger partial charge is 0.243 e. The van der Waals surface area contributed by atoms with Crippen LogP contribution in [-0.2, 0) is 6.61 Å². The number of thioether (sulfide) groups is 1. The molecule has 0 radical (unpaired) electrons. The zero-order valence-corrected chi connectivity index (χ0v) is 15.8. The number of nitrogens with zero attached hydrogens (tertiary/aromatic N) is 2. The van der Waals surface area contributed by atoms with E-state index in [9.17, 15) is 5.11 Å². The predicted molar refractivity (Wildman–Crippen MR) is 106 cm³/mol. The number of aromatic nitrogens is 2. The van der Waals surface area contributed by atoms with Crippen molar-refractivity contribution >= 4 is 23.3 Å². The van der Waals surface area contributed by atoms with Crippen LogP contribution in [0.5, 0.6) is 5.88 Å². The number of nitrogens with two attached hydrogens (primary N) is 1. The summed E-state index contributed by atoms with van der Waals surface area (Å²) >= 11 is 1.59. The van der Waals surface area contributed by atoms with E-state index in [2.05, 4.69) is 22.2 Å². The van der Waals surface area contributed by atoms with E-state index in [4.69, 9.17) is 10.5 Å². The zero-order chi connectivity index (χ0) is 18.4. The second kappa shape index (κ2) is 9.09. The summed E-state index contributed by atoms with van der Waals surface area (Å²) < 4.78 is 5.89. The molecule has 1 aromatic heterocycles. The lowest BCUT2D eigenvalue weighted by Crippen LogP contribution is -2.19. The van der Waals surface area contributed by atoms with Gasteiger partial charge in [-0.3, -0.25) is 0 Å². The van der Waals surface area contributed by atoms with Crippen LogP contribution in [0.15, 0.2) is 35.5 Å². The first kappa shape index (κ1) is 18.8. The van der Waals surface area contributed by atoms with Crippen LogP contribution >= 0.6 is 11.8 Å². The summed E-state index contributed by atoms with van der Waals surface area (Å²) in [6.45, 7) is 2.53. The third kappa shape index (κ3) is 5.02. The molecule has 1 aromatic carbocycles. The fourth-order valence-corrected chi connectivity index (χ4v) is 3.61. The topological polar surface area (TPSA) is 93.3 Å². The summed E-state index contributed by atoms with van der Waals surface area (Å²) in [7, 11) is 0. The Balaban J connectivity index is 1.78. The highest BCUT2D eigenvalue weighted by Gasteiger charge is 2.24. The minimum Gasteiger partial charge on any atom is -0.471 e. The van der Waals surface area contributed by atoms with Crippen molar-refractivity contribution in [2.75, 3.05) is 16.8 Å². The van der Waals surface area contributed by atoms with Gasteiger partial charge in [-0.1, -0.05) is 49.0 Å². The second-order valence-corrected chi connectivity index (χ2v) is 7.57. The van der Waals surface area contributed by atoms with Gasteiger partial charge in [0.15, 0.2) is 11.0 Å². The highest BCUT2D eigenvalue weighted by Crippen LogP contribution is 2.32. The lowest BCUT2D eigenvalue weighted by atomic mass is 10.2. The Bertz CT molecular complexity index is 714. The highest BCUT2D eigenvalue weighted by molar-refractivity contribution is 7.99. The number of benzene rings is 1. The molecule has 0 spiro atoms. The Labute approximate surface area is 158 Å². The molecule has 3 rings (SSSR count). The molecule has 2 unspecified atom stereocenters. The number of hydrogen-bond acceptors (Lipinski definition) is 7. The first-order valence-corrected chi connectivity index (χ1v) is 10.1. The largest absolute Gasteiger partial charge is 0.471 e. The zero-order valence-electron chi connectivity index (χ0n) is 15.0. The lowest BCUT2D eigenvalue weighted by Gasteiger charge is -2.17.